The Bertz CT molecular complexity index is 666. The van der Waals surface area contributed by atoms with E-state index in [-0.39, 0.29) is 11.2 Å². The lowest BCUT2D eigenvalue weighted by atomic mass is 9.86. The minimum absolute atomic E-state index is 0.108. The predicted octanol–water partition coefficient (Wildman–Crippen LogP) is 3.89. The minimum atomic E-state index is 0.108. The van der Waals surface area contributed by atoms with Crippen LogP contribution < -0.4 is 0 Å². The van der Waals surface area contributed by atoms with Gasteiger partial charge in [0.2, 0.25) is 0 Å². The molecule has 2 aromatic rings. The second-order valence-corrected chi connectivity index (χ2v) is 7.73. The number of carbonyl (C=O) groups is 1. The molecule has 1 aliphatic carbocycles. The first kappa shape index (κ1) is 15.3. The summed E-state index contributed by atoms with van der Waals surface area (Å²) in [6, 6.07) is 8.48. The van der Waals surface area contributed by atoms with Crippen molar-refractivity contribution in [1.29, 1.82) is 0 Å². The van der Waals surface area contributed by atoms with Gasteiger partial charge in [0.1, 0.15) is 6.33 Å². The van der Waals surface area contributed by atoms with Gasteiger partial charge in [0.05, 0.1) is 5.75 Å². The molecule has 0 radical (unpaired) electrons. The van der Waals surface area contributed by atoms with Gasteiger partial charge in [-0.3, -0.25) is 4.79 Å². The van der Waals surface area contributed by atoms with Gasteiger partial charge in [-0.2, -0.15) is 0 Å². The summed E-state index contributed by atoms with van der Waals surface area (Å²) in [4.78, 5) is 12.3. The first-order chi connectivity index (χ1) is 10.4. The fraction of sp³-hybridized carbons (Fsp3) is 0.471. The van der Waals surface area contributed by atoms with E-state index >= 15 is 0 Å². The molecule has 0 atom stereocenters. The number of benzene rings is 1. The third-order valence-corrected chi connectivity index (χ3v) is 4.84. The molecule has 1 aromatic carbocycles. The molecule has 0 unspecified atom stereocenters. The molecule has 3 rings (SSSR count). The van der Waals surface area contributed by atoms with Crippen LogP contribution in [-0.4, -0.2) is 26.3 Å². The van der Waals surface area contributed by atoms with Crippen molar-refractivity contribution in [2.24, 2.45) is 0 Å². The van der Waals surface area contributed by atoms with Crippen LogP contribution in [0.3, 0.4) is 0 Å². The maximum Gasteiger partial charge on any atom is 0.191 e. The van der Waals surface area contributed by atoms with Crippen LogP contribution >= 0.6 is 11.8 Å². The second kappa shape index (κ2) is 5.88. The Labute approximate surface area is 135 Å². The highest BCUT2D eigenvalue weighted by molar-refractivity contribution is 7.99. The van der Waals surface area contributed by atoms with Crippen molar-refractivity contribution in [3.05, 3.63) is 41.7 Å². The Morgan fingerprint density at radius 2 is 1.95 bits per heavy atom. The molecule has 0 bridgehead atoms. The van der Waals surface area contributed by atoms with Crippen LogP contribution in [-0.2, 0) is 5.41 Å². The van der Waals surface area contributed by atoms with Crippen molar-refractivity contribution in [3.8, 4) is 0 Å². The van der Waals surface area contributed by atoms with E-state index in [1.54, 1.807) is 6.33 Å². The number of Topliss-reactive ketones (excluding diaryl/α,β-unsaturated/α-hetero) is 1. The average Bonchev–Trinajstić information content (AvgIpc) is 3.22. The van der Waals surface area contributed by atoms with Crippen molar-refractivity contribution in [1.82, 2.24) is 14.8 Å². The molecule has 0 N–H and O–H groups in total. The average molecular weight is 315 g/mol. The molecule has 1 heterocycles. The van der Waals surface area contributed by atoms with Crippen LogP contribution in [0.25, 0.3) is 0 Å². The molecule has 22 heavy (non-hydrogen) atoms. The molecule has 0 saturated heterocycles. The number of ketones is 1. The van der Waals surface area contributed by atoms with Gasteiger partial charge in [-0.25, -0.2) is 0 Å². The van der Waals surface area contributed by atoms with Crippen molar-refractivity contribution >= 4 is 17.5 Å². The first-order valence-corrected chi connectivity index (χ1v) is 8.60. The van der Waals surface area contributed by atoms with Crippen LogP contribution in [0.5, 0.6) is 0 Å². The van der Waals surface area contributed by atoms with Gasteiger partial charge in [-0.15, -0.1) is 10.2 Å². The summed E-state index contributed by atoms with van der Waals surface area (Å²) in [6.45, 7) is 6.51. The molecule has 116 valence electrons. The van der Waals surface area contributed by atoms with Crippen molar-refractivity contribution in [2.45, 2.75) is 50.2 Å². The van der Waals surface area contributed by atoms with Crippen molar-refractivity contribution in [3.63, 3.8) is 0 Å². The highest BCUT2D eigenvalue weighted by Gasteiger charge is 2.26. The van der Waals surface area contributed by atoms with Crippen LogP contribution in [0.1, 0.15) is 55.6 Å². The molecule has 0 aliphatic heterocycles. The van der Waals surface area contributed by atoms with Gasteiger partial charge in [-0.05, 0) is 23.8 Å². The third-order valence-electron chi connectivity index (χ3n) is 3.89. The zero-order chi connectivity index (χ0) is 15.7. The van der Waals surface area contributed by atoms with Gasteiger partial charge < -0.3 is 4.57 Å². The van der Waals surface area contributed by atoms with Gasteiger partial charge in [0.15, 0.2) is 10.9 Å². The number of hydrogen-bond acceptors (Lipinski definition) is 4. The van der Waals surface area contributed by atoms with E-state index < -0.39 is 0 Å². The lowest BCUT2D eigenvalue weighted by Gasteiger charge is -2.18. The molecule has 0 amide bonds. The van der Waals surface area contributed by atoms with Crippen LogP contribution in [0.4, 0.5) is 0 Å². The number of thioether (sulfide) groups is 1. The summed E-state index contributed by atoms with van der Waals surface area (Å²) in [6.07, 6.45) is 4.14. The van der Waals surface area contributed by atoms with Crippen molar-refractivity contribution in [2.75, 3.05) is 5.75 Å². The Kier molecular flexibility index (Phi) is 4.08. The van der Waals surface area contributed by atoms with Gasteiger partial charge >= 0.3 is 0 Å². The molecule has 1 saturated carbocycles. The Morgan fingerprint density at radius 1 is 1.27 bits per heavy atom. The number of carbonyl (C=O) groups excluding carboxylic acids is 1. The summed E-state index contributed by atoms with van der Waals surface area (Å²) in [5.74, 6) is 0.538. The molecule has 1 fully saturated rings. The van der Waals surface area contributed by atoms with Crippen LogP contribution in [0, 0.1) is 0 Å². The Morgan fingerprint density at radius 3 is 2.55 bits per heavy atom. The minimum Gasteiger partial charge on any atom is -0.306 e. The van der Waals surface area contributed by atoms with E-state index in [2.05, 4.69) is 35.5 Å². The van der Waals surface area contributed by atoms with E-state index in [9.17, 15) is 4.79 Å². The Balaban J connectivity index is 1.63. The van der Waals surface area contributed by atoms with Gasteiger partial charge in [0.25, 0.3) is 0 Å². The fourth-order valence-corrected chi connectivity index (χ4v) is 3.19. The topological polar surface area (TPSA) is 47.8 Å². The number of hydrogen-bond donors (Lipinski definition) is 0. The van der Waals surface area contributed by atoms with E-state index in [4.69, 9.17) is 0 Å². The second-order valence-electron chi connectivity index (χ2n) is 6.79. The fourth-order valence-electron chi connectivity index (χ4n) is 2.31. The Hall–Kier alpha value is -1.62. The maximum absolute atomic E-state index is 12.3. The summed E-state index contributed by atoms with van der Waals surface area (Å²) in [5, 5.41) is 8.92. The van der Waals surface area contributed by atoms with Gasteiger partial charge in [-0.1, -0.05) is 56.8 Å². The lowest BCUT2D eigenvalue weighted by Crippen LogP contribution is -2.11. The van der Waals surface area contributed by atoms with E-state index in [1.165, 1.54) is 30.2 Å². The lowest BCUT2D eigenvalue weighted by molar-refractivity contribution is 0.102. The molecule has 5 heteroatoms. The smallest absolute Gasteiger partial charge is 0.191 e. The monoisotopic (exact) mass is 315 g/mol. The summed E-state index contributed by atoms with van der Waals surface area (Å²) in [5.41, 5.74) is 2.11. The van der Waals surface area contributed by atoms with Crippen LogP contribution in [0.2, 0.25) is 0 Å². The zero-order valence-electron chi connectivity index (χ0n) is 13.2. The summed E-state index contributed by atoms with van der Waals surface area (Å²) < 4.78 is 2.08. The predicted molar refractivity (Wildman–Crippen MR) is 88.5 cm³/mol. The number of aromatic nitrogens is 3. The van der Waals surface area contributed by atoms with Gasteiger partial charge in [0, 0.05) is 11.6 Å². The summed E-state index contributed by atoms with van der Waals surface area (Å²) >= 11 is 1.47. The molecular weight excluding hydrogens is 294 g/mol. The molecule has 4 nitrogen and oxygen atoms in total. The molecular formula is C17H21N3OS. The van der Waals surface area contributed by atoms with E-state index in [0.29, 0.717) is 11.8 Å². The third kappa shape index (κ3) is 3.40. The maximum atomic E-state index is 12.3. The normalized spacial score (nSPS) is 15.0. The molecule has 1 aromatic heterocycles. The first-order valence-electron chi connectivity index (χ1n) is 7.61. The molecule has 0 spiro atoms. The summed E-state index contributed by atoms with van der Waals surface area (Å²) in [7, 11) is 0. The van der Waals surface area contributed by atoms with E-state index in [1.807, 2.05) is 24.3 Å². The SMILES string of the molecule is CC(C)(C)c1ccc(C(=O)CSc2nncn2C2CC2)cc1. The highest BCUT2D eigenvalue weighted by atomic mass is 32.2. The zero-order valence-corrected chi connectivity index (χ0v) is 14.1. The quantitative estimate of drug-likeness (QED) is 0.620. The van der Waals surface area contributed by atoms with E-state index in [0.717, 1.165) is 10.7 Å². The standard InChI is InChI=1S/C17H21N3OS/c1-17(2,3)13-6-4-12(5-7-13)15(21)10-22-16-19-18-11-20(16)14-8-9-14/h4-7,11,14H,8-10H2,1-3H3. The molecule has 1 aliphatic rings. The number of rotatable bonds is 5. The van der Waals surface area contributed by atoms with Crippen molar-refractivity contribution < 1.29 is 4.79 Å². The number of nitrogens with zero attached hydrogens (tertiary/aromatic N) is 3. The van der Waals surface area contributed by atoms with Crippen LogP contribution in [0.15, 0.2) is 35.7 Å². The highest BCUT2D eigenvalue weighted by Crippen LogP contribution is 2.37. The largest absolute Gasteiger partial charge is 0.306 e.